The van der Waals surface area contributed by atoms with E-state index in [1.165, 1.54) is 14.0 Å². The third-order valence-electron chi connectivity index (χ3n) is 2.16. The van der Waals surface area contributed by atoms with E-state index in [2.05, 4.69) is 16.0 Å². The molecule has 1 unspecified atom stereocenters. The molecule has 98 valence electrons. The molecular formula is C10H20N4O3. The van der Waals surface area contributed by atoms with Gasteiger partial charge in [0.05, 0.1) is 0 Å². The minimum Gasteiger partial charge on any atom is -0.357 e. The van der Waals surface area contributed by atoms with Gasteiger partial charge >= 0.3 is 6.03 Å². The second-order valence-electron chi connectivity index (χ2n) is 3.65. The van der Waals surface area contributed by atoms with Crippen molar-refractivity contribution >= 4 is 17.8 Å². The van der Waals surface area contributed by atoms with Crippen LogP contribution in [0.5, 0.6) is 0 Å². The van der Waals surface area contributed by atoms with Gasteiger partial charge in [-0.3, -0.25) is 9.59 Å². The van der Waals surface area contributed by atoms with E-state index >= 15 is 0 Å². The molecule has 0 saturated carbocycles. The number of primary amides is 1. The van der Waals surface area contributed by atoms with Crippen LogP contribution in [0.15, 0.2) is 0 Å². The van der Waals surface area contributed by atoms with E-state index in [9.17, 15) is 14.4 Å². The number of nitrogens with one attached hydrogen (secondary N) is 3. The highest BCUT2D eigenvalue weighted by atomic mass is 16.2. The molecule has 0 saturated heterocycles. The van der Waals surface area contributed by atoms with Gasteiger partial charge < -0.3 is 21.7 Å². The van der Waals surface area contributed by atoms with Gasteiger partial charge in [0.2, 0.25) is 11.8 Å². The van der Waals surface area contributed by atoms with Crippen molar-refractivity contribution in [1.82, 2.24) is 16.0 Å². The summed E-state index contributed by atoms with van der Waals surface area (Å²) >= 11 is 0. The summed E-state index contributed by atoms with van der Waals surface area (Å²) in [5, 5.41) is 7.51. The predicted octanol–water partition coefficient (Wildman–Crippen LogP) is -0.924. The maximum absolute atomic E-state index is 11.4. The van der Waals surface area contributed by atoms with Crippen molar-refractivity contribution in [1.29, 1.82) is 0 Å². The zero-order valence-electron chi connectivity index (χ0n) is 10.2. The van der Waals surface area contributed by atoms with Gasteiger partial charge in [-0.05, 0) is 19.3 Å². The van der Waals surface area contributed by atoms with E-state index in [-0.39, 0.29) is 11.8 Å². The van der Waals surface area contributed by atoms with Gasteiger partial charge in [-0.25, -0.2) is 4.79 Å². The molecule has 0 aromatic carbocycles. The lowest BCUT2D eigenvalue weighted by Gasteiger charge is -2.15. The van der Waals surface area contributed by atoms with Crippen molar-refractivity contribution in [2.24, 2.45) is 5.73 Å². The van der Waals surface area contributed by atoms with Crippen LogP contribution in [-0.2, 0) is 9.59 Å². The number of urea groups is 1. The van der Waals surface area contributed by atoms with Crippen LogP contribution in [0, 0.1) is 0 Å². The smallest absolute Gasteiger partial charge is 0.312 e. The first kappa shape index (κ1) is 15.2. The molecule has 0 heterocycles. The van der Waals surface area contributed by atoms with E-state index < -0.39 is 12.1 Å². The van der Waals surface area contributed by atoms with Crippen molar-refractivity contribution in [2.75, 3.05) is 13.6 Å². The quantitative estimate of drug-likeness (QED) is 0.434. The molecule has 0 aliphatic rings. The Hall–Kier alpha value is -1.79. The van der Waals surface area contributed by atoms with Crippen molar-refractivity contribution < 1.29 is 14.4 Å². The standard InChI is InChI=1S/C10H20N4O3/c1-7(15)14-8(9(16)12-2)5-3-4-6-13-10(11)17/h8H,3-6H2,1-2H3,(H,12,16)(H,14,15)(H3,11,13,17). The Kier molecular flexibility index (Phi) is 7.49. The Morgan fingerprint density at radius 1 is 1.24 bits per heavy atom. The highest BCUT2D eigenvalue weighted by Crippen LogP contribution is 2.01. The average molecular weight is 244 g/mol. The van der Waals surface area contributed by atoms with Crippen LogP contribution in [0.3, 0.4) is 0 Å². The van der Waals surface area contributed by atoms with Gasteiger partial charge in [0.25, 0.3) is 0 Å². The zero-order chi connectivity index (χ0) is 13.3. The summed E-state index contributed by atoms with van der Waals surface area (Å²) < 4.78 is 0. The Morgan fingerprint density at radius 2 is 1.88 bits per heavy atom. The molecule has 0 bridgehead atoms. The fourth-order valence-corrected chi connectivity index (χ4v) is 1.37. The molecule has 17 heavy (non-hydrogen) atoms. The predicted molar refractivity (Wildman–Crippen MR) is 63.1 cm³/mol. The summed E-state index contributed by atoms with van der Waals surface area (Å²) in [6, 6.07) is -1.08. The molecule has 1 atom stereocenters. The molecule has 7 heteroatoms. The third kappa shape index (κ3) is 8.06. The van der Waals surface area contributed by atoms with E-state index in [0.29, 0.717) is 25.8 Å². The lowest BCUT2D eigenvalue weighted by molar-refractivity contribution is -0.127. The number of unbranched alkanes of at least 4 members (excludes halogenated alkanes) is 1. The normalized spacial score (nSPS) is 11.4. The first-order valence-corrected chi connectivity index (χ1v) is 5.49. The molecular weight excluding hydrogens is 224 g/mol. The molecule has 0 aromatic rings. The minimum absolute atomic E-state index is 0.219. The van der Waals surface area contributed by atoms with Crippen LogP contribution in [0.4, 0.5) is 4.79 Å². The summed E-state index contributed by atoms with van der Waals surface area (Å²) in [7, 11) is 1.52. The first-order valence-electron chi connectivity index (χ1n) is 5.49. The third-order valence-corrected chi connectivity index (χ3v) is 2.16. The molecule has 0 aliphatic heterocycles. The van der Waals surface area contributed by atoms with Crippen LogP contribution >= 0.6 is 0 Å². The first-order chi connectivity index (χ1) is 7.97. The van der Waals surface area contributed by atoms with E-state index in [1.807, 2.05) is 0 Å². The summed E-state index contributed by atoms with van der Waals surface area (Å²) in [6.45, 7) is 1.83. The van der Waals surface area contributed by atoms with E-state index in [1.54, 1.807) is 0 Å². The molecule has 0 rings (SSSR count). The molecule has 7 nitrogen and oxygen atoms in total. The summed E-state index contributed by atoms with van der Waals surface area (Å²) in [5.41, 5.74) is 4.90. The van der Waals surface area contributed by atoms with Gasteiger partial charge in [0.15, 0.2) is 0 Å². The maximum atomic E-state index is 11.4. The Labute approximate surface area is 100 Å². The lowest BCUT2D eigenvalue weighted by Crippen LogP contribution is -2.44. The Morgan fingerprint density at radius 3 is 2.35 bits per heavy atom. The fourth-order valence-electron chi connectivity index (χ4n) is 1.37. The van der Waals surface area contributed by atoms with Gasteiger partial charge in [-0.15, -0.1) is 0 Å². The number of hydrogen-bond donors (Lipinski definition) is 4. The van der Waals surface area contributed by atoms with Crippen LogP contribution in [0.2, 0.25) is 0 Å². The maximum Gasteiger partial charge on any atom is 0.312 e. The van der Waals surface area contributed by atoms with Gasteiger partial charge in [-0.2, -0.15) is 0 Å². The number of amides is 4. The van der Waals surface area contributed by atoms with Crippen LogP contribution < -0.4 is 21.7 Å². The largest absolute Gasteiger partial charge is 0.357 e. The number of likely N-dealkylation sites (N-methyl/N-ethyl adjacent to an activating group) is 1. The van der Waals surface area contributed by atoms with Crippen LogP contribution in [0.1, 0.15) is 26.2 Å². The van der Waals surface area contributed by atoms with Crippen molar-refractivity contribution in [3.63, 3.8) is 0 Å². The number of rotatable bonds is 7. The Bertz CT molecular complexity index is 281. The number of hydrogen-bond acceptors (Lipinski definition) is 3. The fraction of sp³-hybridized carbons (Fsp3) is 0.700. The number of carbonyl (C=O) groups is 3. The molecule has 0 radical (unpaired) electrons. The summed E-state index contributed by atoms with van der Waals surface area (Å²) in [6.07, 6.45) is 1.94. The van der Waals surface area contributed by atoms with Crippen molar-refractivity contribution in [2.45, 2.75) is 32.2 Å². The average Bonchev–Trinajstić information content (AvgIpc) is 2.25. The minimum atomic E-state index is -0.560. The van der Waals surface area contributed by atoms with Crippen molar-refractivity contribution in [3.8, 4) is 0 Å². The van der Waals surface area contributed by atoms with Crippen LogP contribution in [-0.4, -0.2) is 37.5 Å². The molecule has 0 aliphatic carbocycles. The van der Waals surface area contributed by atoms with Crippen LogP contribution in [0.25, 0.3) is 0 Å². The Balaban J connectivity index is 3.87. The highest BCUT2D eigenvalue weighted by Gasteiger charge is 2.17. The van der Waals surface area contributed by atoms with Crippen molar-refractivity contribution in [3.05, 3.63) is 0 Å². The summed E-state index contributed by atoms with van der Waals surface area (Å²) in [4.78, 5) is 32.7. The molecule has 0 spiro atoms. The second-order valence-corrected chi connectivity index (χ2v) is 3.65. The van der Waals surface area contributed by atoms with Gasteiger partial charge in [0, 0.05) is 20.5 Å². The number of carbonyl (C=O) groups excluding carboxylic acids is 3. The van der Waals surface area contributed by atoms with Gasteiger partial charge in [0.1, 0.15) is 6.04 Å². The SMILES string of the molecule is CNC(=O)C(CCCCNC(N)=O)NC(C)=O. The molecule has 4 amide bonds. The van der Waals surface area contributed by atoms with E-state index in [0.717, 1.165) is 0 Å². The molecule has 0 aromatic heterocycles. The molecule has 5 N–H and O–H groups in total. The highest BCUT2D eigenvalue weighted by molar-refractivity contribution is 5.86. The topological polar surface area (TPSA) is 113 Å². The lowest BCUT2D eigenvalue weighted by atomic mass is 10.1. The second kappa shape index (κ2) is 8.37. The van der Waals surface area contributed by atoms with Gasteiger partial charge in [-0.1, -0.05) is 0 Å². The van der Waals surface area contributed by atoms with E-state index in [4.69, 9.17) is 5.73 Å². The zero-order valence-corrected chi connectivity index (χ0v) is 10.2. The monoisotopic (exact) mass is 244 g/mol. The number of nitrogens with two attached hydrogens (primary N) is 1. The summed E-state index contributed by atoms with van der Waals surface area (Å²) in [5.74, 6) is -0.461. The molecule has 0 fully saturated rings.